The molecule has 2 unspecified atom stereocenters. The Morgan fingerprint density at radius 1 is 1.71 bits per heavy atom. The SMILES string of the molecule is CCc1nn(C)cc1C1CC(=O)NC1C(=O)O. The smallest absolute Gasteiger partial charge is 0.326 e. The molecule has 1 fully saturated rings. The summed E-state index contributed by atoms with van der Waals surface area (Å²) in [4.78, 5) is 22.4. The monoisotopic (exact) mass is 237 g/mol. The van der Waals surface area contributed by atoms with Crippen LogP contribution < -0.4 is 5.32 Å². The highest BCUT2D eigenvalue weighted by Crippen LogP contribution is 2.30. The number of nitrogens with zero attached hydrogens (tertiary/aromatic N) is 2. The van der Waals surface area contributed by atoms with Crippen molar-refractivity contribution in [2.75, 3.05) is 0 Å². The predicted octanol–water partition coefficient (Wildman–Crippen LogP) is 0.0392. The number of carboxylic acids is 1. The van der Waals surface area contributed by atoms with Crippen LogP contribution >= 0.6 is 0 Å². The third-order valence-electron chi connectivity index (χ3n) is 3.06. The Kier molecular flexibility index (Phi) is 2.87. The van der Waals surface area contributed by atoms with Crippen LogP contribution in [0.3, 0.4) is 0 Å². The van der Waals surface area contributed by atoms with Crippen LogP contribution in [0.15, 0.2) is 6.20 Å². The zero-order valence-electron chi connectivity index (χ0n) is 9.80. The summed E-state index contributed by atoms with van der Waals surface area (Å²) in [6, 6.07) is -0.836. The molecular formula is C11H15N3O3. The van der Waals surface area contributed by atoms with Gasteiger partial charge in [-0.2, -0.15) is 5.10 Å². The Morgan fingerprint density at radius 2 is 2.41 bits per heavy atom. The zero-order chi connectivity index (χ0) is 12.6. The maximum atomic E-state index is 11.3. The lowest BCUT2D eigenvalue weighted by Crippen LogP contribution is -2.36. The van der Waals surface area contributed by atoms with Crippen molar-refractivity contribution in [3.8, 4) is 0 Å². The minimum Gasteiger partial charge on any atom is -0.480 e. The summed E-state index contributed by atoms with van der Waals surface area (Å²) in [5.41, 5.74) is 1.72. The lowest BCUT2D eigenvalue weighted by molar-refractivity contribution is -0.140. The van der Waals surface area contributed by atoms with Crippen molar-refractivity contribution in [3.05, 3.63) is 17.5 Å². The zero-order valence-corrected chi connectivity index (χ0v) is 9.80. The van der Waals surface area contributed by atoms with Crippen LogP contribution in [0, 0.1) is 0 Å². The molecule has 6 heteroatoms. The van der Waals surface area contributed by atoms with Crippen molar-refractivity contribution >= 4 is 11.9 Å². The van der Waals surface area contributed by atoms with E-state index < -0.39 is 12.0 Å². The summed E-state index contributed by atoms with van der Waals surface area (Å²) in [6.07, 6.45) is 2.75. The number of aliphatic carboxylic acids is 1. The third-order valence-corrected chi connectivity index (χ3v) is 3.06. The summed E-state index contributed by atoms with van der Waals surface area (Å²) in [5, 5.41) is 15.9. The fraction of sp³-hybridized carbons (Fsp3) is 0.545. The molecule has 17 heavy (non-hydrogen) atoms. The second-order valence-electron chi connectivity index (χ2n) is 4.25. The number of carbonyl (C=O) groups excluding carboxylic acids is 1. The molecule has 0 bridgehead atoms. The summed E-state index contributed by atoms with van der Waals surface area (Å²) in [5.74, 6) is -1.52. The van der Waals surface area contributed by atoms with Gasteiger partial charge in [0.1, 0.15) is 6.04 Å². The molecule has 92 valence electrons. The van der Waals surface area contributed by atoms with Gasteiger partial charge in [0.15, 0.2) is 0 Å². The highest BCUT2D eigenvalue weighted by atomic mass is 16.4. The van der Waals surface area contributed by atoms with Crippen LogP contribution in [0.4, 0.5) is 0 Å². The molecule has 1 aromatic heterocycles. The maximum Gasteiger partial charge on any atom is 0.326 e. The van der Waals surface area contributed by atoms with E-state index in [9.17, 15) is 9.59 Å². The Bertz CT molecular complexity index is 467. The molecule has 2 N–H and O–H groups in total. The van der Waals surface area contributed by atoms with Crippen LogP contribution in [0.25, 0.3) is 0 Å². The van der Waals surface area contributed by atoms with E-state index in [0.717, 1.165) is 17.7 Å². The molecule has 1 aromatic rings. The fourth-order valence-electron chi connectivity index (χ4n) is 2.31. The van der Waals surface area contributed by atoms with Gasteiger partial charge in [-0.15, -0.1) is 0 Å². The number of aromatic nitrogens is 2. The molecule has 0 aromatic carbocycles. The van der Waals surface area contributed by atoms with Gasteiger partial charge in [0.25, 0.3) is 0 Å². The third kappa shape index (κ3) is 2.02. The van der Waals surface area contributed by atoms with Gasteiger partial charge in [0.05, 0.1) is 5.69 Å². The average molecular weight is 237 g/mol. The van der Waals surface area contributed by atoms with Crippen molar-refractivity contribution in [2.24, 2.45) is 7.05 Å². The van der Waals surface area contributed by atoms with Crippen LogP contribution in [0.5, 0.6) is 0 Å². The van der Waals surface area contributed by atoms with Crippen LogP contribution in [0.1, 0.15) is 30.5 Å². The number of carboxylic acid groups (broad SMARTS) is 1. The van der Waals surface area contributed by atoms with Crippen molar-refractivity contribution in [1.82, 2.24) is 15.1 Å². The van der Waals surface area contributed by atoms with Gasteiger partial charge < -0.3 is 10.4 Å². The normalized spacial score (nSPS) is 23.8. The molecule has 1 aliphatic heterocycles. The summed E-state index contributed by atoms with van der Waals surface area (Å²) >= 11 is 0. The first-order valence-corrected chi connectivity index (χ1v) is 5.57. The van der Waals surface area contributed by atoms with Gasteiger partial charge in [-0.25, -0.2) is 4.79 Å². The van der Waals surface area contributed by atoms with E-state index in [-0.39, 0.29) is 18.2 Å². The van der Waals surface area contributed by atoms with Gasteiger partial charge >= 0.3 is 5.97 Å². The first-order valence-electron chi connectivity index (χ1n) is 5.57. The average Bonchev–Trinajstić information content (AvgIpc) is 2.81. The molecule has 1 aliphatic rings. The summed E-state index contributed by atoms with van der Waals surface area (Å²) < 4.78 is 1.66. The molecule has 2 rings (SSSR count). The van der Waals surface area contributed by atoms with E-state index in [1.165, 1.54) is 0 Å². The first-order chi connectivity index (χ1) is 8.02. The molecule has 1 saturated heterocycles. The maximum absolute atomic E-state index is 11.3. The number of hydrogen-bond acceptors (Lipinski definition) is 3. The molecule has 2 atom stereocenters. The van der Waals surface area contributed by atoms with Crippen molar-refractivity contribution in [2.45, 2.75) is 31.7 Å². The molecule has 0 radical (unpaired) electrons. The number of nitrogens with one attached hydrogen (secondary N) is 1. The molecule has 0 saturated carbocycles. The van der Waals surface area contributed by atoms with Gasteiger partial charge in [-0.3, -0.25) is 9.48 Å². The van der Waals surface area contributed by atoms with Crippen molar-refractivity contribution < 1.29 is 14.7 Å². The molecule has 0 aliphatic carbocycles. The van der Waals surface area contributed by atoms with Gasteiger partial charge in [-0.05, 0) is 12.0 Å². The summed E-state index contributed by atoms with van der Waals surface area (Å²) in [6.45, 7) is 1.96. The van der Waals surface area contributed by atoms with Gasteiger partial charge in [-0.1, -0.05) is 6.92 Å². The highest BCUT2D eigenvalue weighted by Gasteiger charge is 2.40. The lowest BCUT2D eigenvalue weighted by atomic mass is 9.91. The second kappa shape index (κ2) is 4.20. The molecule has 0 spiro atoms. The largest absolute Gasteiger partial charge is 0.480 e. The highest BCUT2D eigenvalue weighted by molar-refractivity contribution is 5.89. The van der Waals surface area contributed by atoms with Crippen molar-refractivity contribution in [1.29, 1.82) is 0 Å². The van der Waals surface area contributed by atoms with Gasteiger partial charge in [0, 0.05) is 25.6 Å². The van der Waals surface area contributed by atoms with E-state index >= 15 is 0 Å². The topological polar surface area (TPSA) is 84.2 Å². The number of aryl methyl sites for hydroxylation is 2. The number of hydrogen-bond donors (Lipinski definition) is 2. The van der Waals surface area contributed by atoms with E-state index in [1.54, 1.807) is 17.9 Å². The predicted molar refractivity (Wildman–Crippen MR) is 59.5 cm³/mol. The minimum atomic E-state index is -0.994. The number of rotatable bonds is 3. The standard InChI is InChI=1S/C11H15N3O3/c1-3-8-7(5-14(2)13-8)6-4-9(15)12-10(6)11(16)17/h5-6,10H,3-4H2,1-2H3,(H,12,15)(H,16,17). The fourth-order valence-corrected chi connectivity index (χ4v) is 2.31. The molecular weight excluding hydrogens is 222 g/mol. The van der Waals surface area contributed by atoms with Crippen molar-refractivity contribution in [3.63, 3.8) is 0 Å². The van der Waals surface area contributed by atoms with Crippen LogP contribution in [0.2, 0.25) is 0 Å². The number of amides is 1. The lowest BCUT2D eigenvalue weighted by Gasteiger charge is -2.14. The van der Waals surface area contributed by atoms with Crippen LogP contribution in [-0.2, 0) is 23.1 Å². The quantitative estimate of drug-likeness (QED) is 0.777. The number of carbonyl (C=O) groups is 2. The summed E-state index contributed by atoms with van der Waals surface area (Å²) in [7, 11) is 1.79. The Morgan fingerprint density at radius 3 is 3.00 bits per heavy atom. The molecule has 6 nitrogen and oxygen atoms in total. The van der Waals surface area contributed by atoms with E-state index in [4.69, 9.17) is 5.11 Å². The Hall–Kier alpha value is -1.85. The van der Waals surface area contributed by atoms with E-state index in [1.807, 2.05) is 6.92 Å². The Balaban J connectivity index is 2.37. The Labute approximate surface area is 98.6 Å². The van der Waals surface area contributed by atoms with Gasteiger partial charge in [0.2, 0.25) is 5.91 Å². The molecule has 1 amide bonds. The van der Waals surface area contributed by atoms with E-state index in [0.29, 0.717) is 0 Å². The second-order valence-corrected chi connectivity index (χ2v) is 4.25. The molecule has 2 heterocycles. The minimum absolute atomic E-state index is 0.215. The van der Waals surface area contributed by atoms with Crippen LogP contribution in [-0.4, -0.2) is 32.8 Å². The van der Waals surface area contributed by atoms with E-state index in [2.05, 4.69) is 10.4 Å². The first kappa shape index (κ1) is 11.6.